The van der Waals surface area contributed by atoms with Crippen LogP contribution >= 0.6 is 11.3 Å². The van der Waals surface area contributed by atoms with E-state index in [9.17, 15) is 4.79 Å². The minimum atomic E-state index is -0.435. The SMILES string of the molecule is Cc1sc(N2CCOCC2)nc1CCOc1[c]c(CNC(=O)OC(C)C)ccc1. The average Bonchev–Trinajstić information content (AvgIpc) is 3.08. The highest BCUT2D eigenvalue weighted by Gasteiger charge is 2.17. The molecule has 1 amide bonds. The molecular weight excluding hydrogens is 390 g/mol. The zero-order valence-corrected chi connectivity index (χ0v) is 18.0. The number of carbonyl (C=O) groups excluding carboxylic acids is 1. The zero-order valence-electron chi connectivity index (χ0n) is 17.2. The van der Waals surface area contributed by atoms with Crippen molar-refractivity contribution in [2.24, 2.45) is 0 Å². The van der Waals surface area contributed by atoms with E-state index >= 15 is 0 Å². The molecule has 0 unspecified atom stereocenters. The molecule has 1 N–H and O–H groups in total. The van der Waals surface area contributed by atoms with Crippen LogP contribution in [0.1, 0.15) is 30.0 Å². The highest BCUT2D eigenvalue weighted by Crippen LogP contribution is 2.26. The van der Waals surface area contributed by atoms with Gasteiger partial charge in [-0.05, 0) is 32.4 Å². The average molecular weight is 419 g/mol. The fraction of sp³-hybridized carbons (Fsp3) is 0.524. The van der Waals surface area contributed by atoms with Gasteiger partial charge >= 0.3 is 6.09 Å². The van der Waals surface area contributed by atoms with E-state index in [0.29, 0.717) is 18.9 Å². The molecule has 1 aromatic heterocycles. The minimum Gasteiger partial charge on any atom is -0.493 e. The molecule has 0 atom stereocenters. The molecule has 1 aliphatic heterocycles. The number of nitrogens with one attached hydrogen (secondary N) is 1. The third-order valence-corrected chi connectivity index (χ3v) is 5.43. The quantitative estimate of drug-likeness (QED) is 0.709. The Bertz CT molecular complexity index is 803. The Kier molecular flexibility index (Phi) is 7.71. The molecule has 1 radical (unpaired) electrons. The summed E-state index contributed by atoms with van der Waals surface area (Å²) in [4.78, 5) is 19.9. The van der Waals surface area contributed by atoms with E-state index in [-0.39, 0.29) is 6.10 Å². The minimum absolute atomic E-state index is 0.147. The molecule has 1 fully saturated rings. The van der Waals surface area contributed by atoms with Gasteiger partial charge in [0, 0.05) is 37.0 Å². The molecular formula is C21H28N3O4S. The number of anilines is 1. The van der Waals surface area contributed by atoms with Gasteiger partial charge in [0.1, 0.15) is 5.75 Å². The van der Waals surface area contributed by atoms with Crippen LogP contribution < -0.4 is 15.0 Å². The Morgan fingerprint density at radius 1 is 1.38 bits per heavy atom. The third kappa shape index (κ3) is 6.61. The van der Waals surface area contributed by atoms with Crippen LogP contribution in [0, 0.1) is 13.0 Å². The Morgan fingerprint density at radius 3 is 2.93 bits per heavy atom. The maximum Gasteiger partial charge on any atom is 0.407 e. The van der Waals surface area contributed by atoms with Crippen molar-refractivity contribution in [2.45, 2.75) is 39.8 Å². The number of hydrogen-bond acceptors (Lipinski definition) is 7. The lowest BCUT2D eigenvalue weighted by atomic mass is 10.2. The van der Waals surface area contributed by atoms with Crippen molar-refractivity contribution in [3.8, 4) is 5.75 Å². The molecule has 7 nitrogen and oxygen atoms in total. The molecule has 1 saturated heterocycles. The van der Waals surface area contributed by atoms with E-state index in [1.165, 1.54) is 4.88 Å². The van der Waals surface area contributed by atoms with Crippen LogP contribution in [0.3, 0.4) is 0 Å². The molecule has 0 aliphatic carbocycles. The molecule has 2 heterocycles. The molecule has 1 aromatic carbocycles. The van der Waals surface area contributed by atoms with Gasteiger partial charge in [0.25, 0.3) is 0 Å². The first kappa shape index (κ1) is 21.4. The van der Waals surface area contributed by atoms with Crippen LogP contribution in [-0.4, -0.2) is 50.1 Å². The third-order valence-electron chi connectivity index (χ3n) is 4.35. The van der Waals surface area contributed by atoms with Crippen molar-refractivity contribution < 1.29 is 19.0 Å². The summed E-state index contributed by atoms with van der Waals surface area (Å²) in [5.41, 5.74) is 1.91. The number of ether oxygens (including phenoxy) is 3. The lowest BCUT2D eigenvalue weighted by molar-refractivity contribution is 0.115. The van der Waals surface area contributed by atoms with Gasteiger partial charge in [0.2, 0.25) is 0 Å². The van der Waals surface area contributed by atoms with E-state index < -0.39 is 6.09 Å². The summed E-state index contributed by atoms with van der Waals surface area (Å²) >= 11 is 1.73. The molecule has 29 heavy (non-hydrogen) atoms. The number of amides is 1. The standard InChI is InChI=1S/C21H28N3O4S/c1-15(2)28-21(25)22-14-17-5-4-6-18(13-17)27-10-7-19-16(3)29-20(23-19)24-8-11-26-12-9-24/h4-6,15H,7-12,14H2,1-3H3,(H,22,25). The Balaban J connectivity index is 1.48. The maximum absolute atomic E-state index is 11.6. The number of carbonyl (C=O) groups is 1. The highest BCUT2D eigenvalue weighted by molar-refractivity contribution is 7.15. The van der Waals surface area contributed by atoms with Crippen molar-refractivity contribution in [2.75, 3.05) is 37.8 Å². The summed E-state index contributed by atoms with van der Waals surface area (Å²) in [6.45, 7) is 9.90. The number of alkyl carbamates (subject to hydrolysis) is 1. The van der Waals surface area contributed by atoms with Crippen LogP contribution in [0.25, 0.3) is 0 Å². The highest BCUT2D eigenvalue weighted by atomic mass is 32.1. The van der Waals surface area contributed by atoms with Gasteiger partial charge in [-0.15, -0.1) is 11.3 Å². The number of morpholine rings is 1. The summed E-state index contributed by atoms with van der Waals surface area (Å²) in [6.07, 6.45) is 0.158. The van der Waals surface area contributed by atoms with Crippen molar-refractivity contribution in [1.82, 2.24) is 10.3 Å². The smallest absolute Gasteiger partial charge is 0.407 e. The Morgan fingerprint density at radius 2 is 2.17 bits per heavy atom. The molecule has 0 bridgehead atoms. The zero-order chi connectivity index (χ0) is 20.6. The number of thiazole rings is 1. The number of benzene rings is 1. The summed E-state index contributed by atoms with van der Waals surface area (Å²) < 4.78 is 16.3. The van der Waals surface area contributed by atoms with E-state index in [1.807, 2.05) is 32.0 Å². The van der Waals surface area contributed by atoms with Crippen LogP contribution in [-0.2, 0) is 22.4 Å². The first-order valence-electron chi connectivity index (χ1n) is 9.89. The van der Waals surface area contributed by atoms with Gasteiger partial charge in [0.15, 0.2) is 5.13 Å². The predicted molar refractivity (Wildman–Crippen MR) is 113 cm³/mol. The fourth-order valence-corrected chi connectivity index (χ4v) is 3.90. The molecule has 0 spiro atoms. The van der Waals surface area contributed by atoms with Gasteiger partial charge in [-0.3, -0.25) is 0 Å². The Labute approximate surface area is 176 Å². The number of rotatable bonds is 8. The summed E-state index contributed by atoms with van der Waals surface area (Å²) in [6, 6.07) is 8.82. The lowest BCUT2D eigenvalue weighted by Gasteiger charge is -2.26. The second-order valence-corrected chi connectivity index (χ2v) is 8.23. The van der Waals surface area contributed by atoms with Crippen LogP contribution in [0.15, 0.2) is 18.2 Å². The summed E-state index contributed by atoms with van der Waals surface area (Å²) in [5.74, 6) is 0.655. The lowest BCUT2D eigenvalue weighted by Crippen LogP contribution is -2.36. The van der Waals surface area contributed by atoms with Gasteiger partial charge in [-0.1, -0.05) is 12.1 Å². The second-order valence-electron chi connectivity index (χ2n) is 7.05. The van der Waals surface area contributed by atoms with Crippen molar-refractivity contribution in [3.05, 3.63) is 40.4 Å². The summed E-state index contributed by atoms with van der Waals surface area (Å²) in [7, 11) is 0. The normalized spacial score (nSPS) is 14.1. The van der Waals surface area contributed by atoms with E-state index in [4.69, 9.17) is 19.2 Å². The van der Waals surface area contributed by atoms with E-state index in [1.54, 1.807) is 11.3 Å². The molecule has 2 aromatic rings. The second kappa shape index (κ2) is 10.5. The predicted octanol–water partition coefficient (Wildman–Crippen LogP) is 3.34. The molecule has 1 aliphatic rings. The van der Waals surface area contributed by atoms with E-state index in [2.05, 4.69) is 23.2 Å². The first-order valence-corrected chi connectivity index (χ1v) is 10.7. The summed E-state index contributed by atoms with van der Waals surface area (Å²) in [5, 5.41) is 3.77. The molecule has 3 rings (SSSR count). The van der Waals surface area contributed by atoms with Gasteiger partial charge < -0.3 is 24.4 Å². The van der Waals surface area contributed by atoms with Crippen LogP contribution in [0.5, 0.6) is 5.75 Å². The monoisotopic (exact) mass is 418 g/mol. The number of aromatic nitrogens is 1. The first-order chi connectivity index (χ1) is 14.0. The topological polar surface area (TPSA) is 72.9 Å². The van der Waals surface area contributed by atoms with Crippen LogP contribution in [0.2, 0.25) is 0 Å². The van der Waals surface area contributed by atoms with Crippen molar-refractivity contribution in [3.63, 3.8) is 0 Å². The van der Waals surface area contributed by atoms with Gasteiger partial charge in [0.05, 0.1) is 31.6 Å². The largest absolute Gasteiger partial charge is 0.493 e. The van der Waals surface area contributed by atoms with Gasteiger partial charge in [-0.25, -0.2) is 9.78 Å². The van der Waals surface area contributed by atoms with Crippen molar-refractivity contribution in [1.29, 1.82) is 0 Å². The molecule has 157 valence electrons. The van der Waals surface area contributed by atoms with E-state index in [0.717, 1.165) is 49.1 Å². The molecule has 8 heteroatoms. The van der Waals surface area contributed by atoms with Crippen LogP contribution in [0.4, 0.5) is 9.93 Å². The fourth-order valence-electron chi connectivity index (χ4n) is 2.90. The molecule has 0 saturated carbocycles. The Hall–Kier alpha value is -2.32. The number of aryl methyl sites for hydroxylation is 1. The van der Waals surface area contributed by atoms with Gasteiger partial charge in [-0.2, -0.15) is 0 Å². The number of hydrogen-bond donors (Lipinski definition) is 1. The maximum atomic E-state index is 11.6. The number of nitrogens with zero attached hydrogens (tertiary/aromatic N) is 2. The van der Waals surface area contributed by atoms with Crippen molar-refractivity contribution >= 4 is 22.6 Å².